The number of ether oxygens (including phenoxy) is 1. The second-order valence-corrected chi connectivity index (χ2v) is 5.79. The molecule has 21 heavy (non-hydrogen) atoms. The number of aldehydes is 1. The summed E-state index contributed by atoms with van der Waals surface area (Å²) in [5, 5.41) is 3.22. The van der Waals surface area contributed by atoms with Gasteiger partial charge in [-0.15, -0.1) is 0 Å². The molecule has 4 heteroatoms. The van der Waals surface area contributed by atoms with Gasteiger partial charge in [0, 0.05) is 36.8 Å². The van der Waals surface area contributed by atoms with Gasteiger partial charge in [0.25, 0.3) is 0 Å². The van der Waals surface area contributed by atoms with Crippen LogP contribution in [0.3, 0.4) is 0 Å². The molecule has 1 heterocycles. The van der Waals surface area contributed by atoms with Crippen molar-refractivity contribution in [2.45, 2.75) is 37.8 Å². The third-order valence-corrected chi connectivity index (χ3v) is 4.17. The molecule has 3 N–H and O–H groups in total. The van der Waals surface area contributed by atoms with Crippen molar-refractivity contribution in [3.63, 3.8) is 0 Å². The second kappa shape index (κ2) is 8.27. The third kappa shape index (κ3) is 5.23. The van der Waals surface area contributed by atoms with E-state index in [2.05, 4.69) is 17.5 Å². The topological polar surface area (TPSA) is 64.3 Å². The Bertz CT molecular complexity index is 434. The Hall–Kier alpha value is -1.23. The van der Waals surface area contributed by atoms with Crippen molar-refractivity contribution < 1.29 is 9.53 Å². The fourth-order valence-corrected chi connectivity index (χ4v) is 2.60. The largest absolute Gasteiger partial charge is 0.381 e. The molecular formula is C17H26N2O2. The van der Waals surface area contributed by atoms with Crippen molar-refractivity contribution in [2.24, 2.45) is 11.7 Å². The Morgan fingerprint density at radius 1 is 1.38 bits per heavy atom. The highest BCUT2D eigenvalue weighted by Crippen LogP contribution is 2.37. The van der Waals surface area contributed by atoms with E-state index >= 15 is 0 Å². The Balaban J connectivity index is 0.000000173. The Morgan fingerprint density at radius 2 is 2.10 bits per heavy atom. The van der Waals surface area contributed by atoms with Crippen LogP contribution in [0.5, 0.6) is 0 Å². The minimum atomic E-state index is 0.307. The van der Waals surface area contributed by atoms with Gasteiger partial charge in [0.05, 0.1) is 0 Å². The molecule has 0 radical (unpaired) electrons. The average Bonchev–Trinajstić information content (AvgIpc) is 3.30. The molecule has 3 rings (SSSR count). The lowest BCUT2D eigenvalue weighted by atomic mass is 10.1. The molecule has 0 aromatic carbocycles. The average molecular weight is 290 g/mol. The molecule has 0 bridgehead atoms. The predicted molar refractivity (Wildman–Crippen MR) is 85.0 cm³/mol. The first-order valence-corrected chi connectivity index (χ1v) is 7.78. The lowest BCUT2D eigenvalue weighted by molar-refractivity contribution is -0.104. The molecule has 0 spiro atoms. The SMILES string of the molecule is CNC1CCOCC1.NC1CC1C1=CC(C=O)=CCC=C1. The van der Waals surface area contributed by atoms with Crippen LogP contribution in [0.15, 0.2) is 35.5 Å². The predicted octanol–water partition coefficient (Wildman–Crippen LogP) is 1.73. The summed E-state index contributed by atoms with van der Waals surface area (Å²) in [5.74, 6) is 0.484. The maximum Gasteiger partial charge on any atom is 0.149 e. The van der Waals surface area contributed by atoms with Gasteiger partial charge >= 0.3 is 0 Å². The lowest BCUT2D eigenvalue weighted by Crippen LogP contribution is -2.31. The van der Waals surface area contributed by atoms with E-state index in [0.29, 0.717) is 18.0 Å². The molecule has 0 amide bonds. The molecule has 2 unspecified atom stereocenters. The maximum absolute atomic E-state index is 10.6. The molecule has 1 saturated heterocycles. The van der Waals surface area contributed by atoms with E-state index in [1.54, 1.807) is 0 Å². The fourth-order valence-electron chi connectivity index (χ4n) is 2.60. The van der Waals surface area contributed by atoms with Crippen LogP contribution in [0, 0.1) is 5.92 Å². The number of hydrogen-bond donors (Lipinski definition) is 2. The molecule has 2 fully saturated rings. The van der Waals surface area contributed by atoms with Gasteiger partial charge in [-0.2, -0.15) is 0 Å². The monoisotopic (exact) mass is 290 g/mol. The van der Waals surface area contributed by atoms with Gasteiger partial charge in [0.2, 0.25) is 0 Å². The van der Waals surface area contributed by atoms with Gasteiger partial charge in [0.1, 0.15) is 6.29 Å². The zero-order valence-electron chi connectivity index (χ0n) is 12.8. The summed E-state index contributed by atoms with van der Waals surface area (Å²) in [5.41, 5.74) is 7.74. The van der Waals surface area contributed by atoms with Crippen molar-refractivity contribution in [3.05, 3.63) is 35.5 Å². The summed E-state index contributed by atoms with van der Waals surface area (Å²) < 4.78 is 5.16. The summed E-state index contributed by atoms with van der Waals surface area (Å²) in [4.78, 5) is 10.6. The van der Waals surface area contributed by atoms with Crippen molar-refractivity contribution in [1.82, 2.24) is 5.32 Å². The van der Waals surface area contributed by atoms with E-state index in [0.717, 1.165) is 37.9 Å². The van der Waals surface area contributed by atoms with Crippen molar-refractivity contribution in [2.75, 3.05) is 20.3 Å². The number of carbonyl (C=O) groups excluding carboxylic acids is 1. The van der Waals surface area contributed by atoms with Crippen LogP contribution in [0.1, 0.15) is 25.7 Å². The standard InChI is InChI=1S/C11H13NO.C6H13NO/c12-11-6-10(11)9-4-2-1-3-8(5-9)7-13;1-7-6-2-4-8-5-3-6/h2-5,7,10-11H,1,6,12H2;6-7H,2-5H2,1H3. The molecule has 4 nitrogen and oxygen atoms in total. The van der Waals surface area contributed by atoms with Gasteiger partial charge in [-0.25, -0.2) is 0 Å². The minimum absolute atomic E-state index is 0.307. The van der Waals surface area contributed by atoms with Crippen LogP contribution >= 0.6 is 0 Å². The van der Waals surface area contributed by atoms with E-state index in [1.807, 2.05) is 19.2 Å². The first-order valence-electron chi connectivity index (χ1n) is 7.78. The first-order chi connectivity index (χ1) is 10.2. The Kier molecular flexibility index (Phi) is 6.36. The van der Waals surface area contributed by atoms with E-state index in [9.17, 15) is 4.79 Å². The summed E-state index contributed by atoms with van der Waals surface area (Å²) in [6.07, 6.45) is 13.2. The maximum atomic E-state index is 10.6. The number of carbonyl (C=O) groups is 1. The van der Waals surface area contributed by atoms with Gasteiger partial charge in [-0.1, -0.05) is 18.2 Å². The quantitative estimate of drug-likeness (QED) is 0.777. The molecule has 116 valence electrons. The van der Waals surface area contributed by atoms with Crippen molar-refractivity contribution >= 4 is 6.29 Å². The van der Waals surface area contributed by atoms with E-state index in [4.69, 9.17) is 10.5 Å². The molecule has 1 aliphatic heterocycles. The smallest absolute Gasteiger partial charge is 0.149 e. The highest BCUT2D eigenvalue weighted by atomic mass is 16.5. The zero-order chi connectivity index (χ0) is 15.1. The highest BCUT2D eigenvalue weighted by Gasteiger charge is 2.35. The van der Waals surface area contributed by atoms with Crippen molar-refractivity contribution in [1.29, 1.82) is 0 Å². The van der Waals surface area contributed by atoms with E-state index in [-0.39, 0.29) is 0 Å². The molecule has 0 aromatic heterocycles. The van der Waals surface area contributed by atoms with Crippen molar-refractivity contribution in [3.8, 4) is 0 Å². The normalized spacial score (nSPS) is 28.7. The fraction of sp³-hybridized carbons (Fsp3) is 0.588. The van der Waals surface area contributed by atoms with E-state index < -0.39 is 0 Å². The van der Waals surface area contributed by atoms with Crippen LogP contribution in [0.2, 0.25) is 0 Å². The third-order valence-electron chi connectivity index (χ3n) is 4.17. The zero-order valence-corrected chi connectivity index (χ0v) is 12.8. The summed E-state index contributed by atoms with van der Waals surface area (Å²) in [6.45, 7) is 1.87. The highest BCUT2D eigenvalue weighted by molar-refractivity contribution is 5.78. The second-order valence-electron chi connectivity index (χ2n) is 5.79. The van der Waals surface area contributed by atoms with Gasteiger partial charge in [-0.3, -0.25) is 4.79 Å². The Morgan fingerprint density at radius 3 is 2.62 bits per heavy atom. The van der Waals surface area contributed by atoms with E-state index in [1.165, 1.54) is 18.4 Å². The molecule has 3 aliphatic rings. The molecule has 2 aliphatic carbocycles. The van der Waals surface area contributed by atoms with Gasteiger partial charge in [0.15, 0.2) is 0 Å². The van der Waals surface area contributed by atoms with Crippen LogP contribution < -0.4 is 11.1 Å². The molecule has 2 atom stereocenters. The number of rotatable bonds is 3. The first kappa shape index (κ1) is 16.1. The molecule has 1 saturated carbocycles. The lowest BCUT2D eigenvalue weighted by Gasteiger charge is -2.20. The van der Waals surface area contributed by atoms with Crippen LogP contribution in [-0.2, 0) is 9.53 Å². The number of hydrogen-bond acceptors (Lipinski definition) is 4. The summed E-state index contributed by atoms with van der Waals surface area (Å²) in [6, 6.07) is 1.02. The Labute approximate surface area is 127 Å². The molecular weight excluding hydrogens is 264 g/mol. The van der Waals surface area contributed by atoms with Crippen LogP contribution in [0.25, 0.3) is 0 Å². The summed E-state index contributed by atoms with van der Waals surface area (Å²) in [7, 11) is 2.01. The van der Waals surface area contributed by atoms with Crippen LogP contribution in [-0.4, -0.2) is 38.6 Å². The number of nitrogens with two attached hydrogens (primary N) is 1. The van der Waals surface area contributed by atoms with Gasteiger partial charge < -0.3 is 15.8 Å². The molecule has 0 aromatic rings. The number of nitrogens with one attached hydrogen (secondary N) is 1. The van der Waals surface area contributed by atoms with Crippen LogP contribution in [0.4, 0.5) is 0 Å². The summed E-state index contributed by atoms with van der Waals surface area (Å²) >= 11 is 0. The number of allylic oxidation sites excluding steroid dienone is 5. The van der Waals surface area contributed by atoms with Gasteiger partial charge in [-0.05, 0) is 44.4 Å². The minimum Gasteiger partial charge on any atom is -0.381 e.